The van der Waals surface area contributed by atoms with E-state index >= 15 is 0 Å². The van der Waals surface area contributed by atoms with Crippen LogP contribution in [0.5, 0.6) is 0 Å². The molecule has 1 saturated heterocycles. The third-order valence-electron chi connectivity index (χ3n) is 4.09. The number of piperidine rings is 1. The summed E-state index contributed by atoms with van der Waals surface area (Å²) in [6.07, 6.45) is 2.12. The van der Waals surface area contributed by atoms with Gasteiger partial charge in [0.05, 0.1) is 5.92 Å². The van der Waals surface area contributed by atoms with E-state index in [2.05, 4.69) is 43.4 Å². The maximum absolute atomic E-state index is 12.4. The van der Waals surface area contributed by atoms with Crippen molar-refractivity contribution in [3.05, 3.63) is 35.4 Å². The second kappa shape index (κ2) is 6.89. The maximum Gasteiger partial charge on any atom is 0.227 e. The molecule has 1 aliphatic rings. The van der Waals surface area contributed by atoms with Gasteiger partial charge in [-0.1, -0.05) is 38.1 Å². The van der Waals surface area contributed by atoms with Crippen LogP contribution in [0.3, 0.4) is 0 Å². The van der Waals surface area contributed by atoms with E-state index in [-0.39, 0.29) is 11.8 Å². The average molecular weight is 274 g/mol. The van der Waals surface area contributed by atoms with Crippen LogP contribution in [0, 0.1) is 5.92 Å². The highest BCUT2D eigenvalue weighted by molar-refractivity contribution is 5.78. The lowest BCUT2D eigenvalue weighted by molar-refractivity contribution is -0.135. The third-order valence-corrected chi connectivity index (χ3v) is 4.09. The van der Waals surface area contributed by atoms with Crippen molar-refractivity contribution in [3.63, 3.8) is 0 Å². The lowest BCUT2D eigenvalue weighted by Gasteiger charge is -2.27. The number of nitrogens with one attached hydrogen (secondary N) is 1. The first-order valence-electron chi connectivity index (χ1n) is 7.62. The van der Waals surface area contributed by atoms with E-state index in [9.17, 15) is 4.79 Å². The van der Waals surface area contributed by atoms with Crippen LogP contribution in [0.1, 0.15) is 43.7 Å². The van der Waals surface area contributed by atoms with Gasteiger partial charge in [-0.2, -0.15) is 0 Å². The highest BCUT2D eigenvalue weighted by Gasteiger charge is 2.23. The molecule has 1 N–H and O–H groups in total. The summed E-state index contributed by atoms with van der Waals surface area (Å²) >= 11 is 0. The molecule has 1 heterocycles. The normalized spacial score (nSPS) is 19.1. The Morgan fingerprint density at radius 1 is 1.35 bits per heavy atom. The Hall–Kier alpha value is -1.35. The summed E-state index contributed by atoms with van der Waals surface area (Å²) in [6, 6.07) is 8.61. The largest absolute Gasteiger partial charge is 0.341 e. The molecule has 0 saturated carbocycles. The van der Waals surface area contributed by atoms with Gasteiger partial charge in [-0.15, -0.1) is 0 Å². The molecule has 0 aromatic heterocycles. The van der Waals surface area contributed by atoms with Gasteiger partial charge in [0, 0.05) is 20.1 Å². The lowest BCUT2D eigenvalue weighted by atomic mass is 9.98. The van der Waals surface area contributed by atoms with E-state index in [0.717, 1.165) is 25.9 Å². The molecule has 1 aromatic rings. The number of benzene rings is 1. The molecular formula is C17H26N2O. The molecule has 0 radical (unpaired) electrons. The number of amides is 1. The Morgan fingerprint density at radius 2 is 2.05 bits per heavy atom. The van der Waals surface area contributed by atoms with Crippen molar-refractivity contribution >= 4 is 5.91 Å². The third kappa shape index (κ3) is 3.83. The van der Waals surface area contributed by atoms with Gasteiger partial charge in [-0.3, -0.25) is 4.79 Å². The zero-order valence-corrected chi connectivity index (χ0v) is 12.9. The molecule has 20 heavy (non-hydrogen) atoms. The minimum absolute atomic E-state index is 0.156. The lowest BCUT2D eigenvalue weighted by Crippen LogP contribution is -2.41. The molecule has 0 aliphatic carbocycles. The molecule has 3 heteroatoms. The highest BCUT2D eigenvalue weighted by atomic mass is 16.2. The zero-order valence-electron chi connectivity index (χ0n) is 12.9. The molecule has 2 rings (SSSR count). The van der Waals surface area contributed by atoms with Gasteiger partial charge in [0.1, 0.15) is 0 Å². The Labute approximate surface area is 122 Å². The van der Waals surface area contributed by atoms with Crippen molar-refractivity contribution in [2.75, 3.05) is 20.1 Å². The topological polar surface area (TPSA) is 32.3 Å². The summed E-state index contributed by atoms with van der Waals surface area (Å²) in [4.78, 5) is 14.2. The molecule has 0 unspecified atom stereocenters. The van der Waals surface area contributed by atoms with Crippen LogP contribution < -0.4 is 5.32 Å². The van der Waals surface area contributed by atoms with Crippen LogP contribution in [0.25, 0.3) is 0 Å². The predicted molar refractivity (Wildman–Crippen MR) is 82.6 cm³/mol. The van der Waals surface area contributed by atoms with Gasteiger partial charge in [0.2, 0.25) is 5.91 Å². The molecule has 1 atom stereocenters. The minimum atomic E-state index is 0.156. The summed E-state index contributed by atoms with van der Waals surface area (Å²) in [5, 5.41) is 3.31. The Bertz CT molecular complexity index is 433. The summed E-state index contributed by atoms with van der Waals surface area (Å²) < 4.78 is 0. The first-order valence-corrected chi connectivity index (χ1v) is 7.62. The number of rotatable bonds is 4. The minimum Gasteiger partial charge on any atom is -0.341 e. The summed E-state index contributed by atoms with van der Waals surface area (Å²) in [7, 11) is 1.91. The van der Waals surface area contributed by atoms with Gasteiger partial charge in [0.15, 0.2) is 0 Å². The molecule has 3 nitrogen and oxygen atoms in total. The van der Waals surface area contributed by atoms with E-state index in [1.807, 2.05) is 11.9 Å². The Kier molecular flexibility index (Phi) is 5.18. The molecular weight excluding hydrogens is 248 g/mol. The van der Waals surface area contributed by atoms with E-state index in [4.69, 9.17) is 0 Å². The van der Waals surface area contributed by atoms with Crippen molar-refractivity contribution in [2.45, 2.75) is 39.2 Å². The number of hydrogen-bond donors (Lipinski definition) is 1. The predicted octanol–water partition coefficient (Wildman–Crippen LogP) is 2.77. The number of carbonyl (C=O) groups excluding carboxylic acids is 1. The van der Waals surface area contributed by atoms with Gasteiger partial charge in [-0.25, -0.2) is 0 Å². The van der Waals surface area contributed by atoms with Gasteiger partial charge in [-0.05, 0) is 36.4 Å². The SMILES string of the molecule is CC(C)c1ccc(CN(C)C(=O)[C@H]2CCCNC2)cc1. The maximum atomic E-state index is 12.4. The fourth-order valence-corrected chi connectivity index (χ4v) is 2.73. The standard InChI is InChI=1S/C17H26N2O/c1-13(2)15-8-6-14(7-9-15)12-19(3)17(20)16-5-4-10-18-11-16/h6-9,13,16,18H,4-5,10-12H2,1-3H3/t16-/m0/s1. The number of carbonyl (C=O) groups is 1. The van der Waals surface area contributed by atoms with Crippen molar-refractivity contribution in [2.24, 2.45) is 5.92 Å². The van der Waals surface area contributed by atoms with Crippen LogP contribution >= 0.6 is 0 Å². The van der Waals surface area contributed by atoms with Crippen LogP contribution in [-0.4, -0.2) is 30.9 Å². The Morgan fingerprint density at radius 3 is 2.60 bits per heavy atom. The number of nitrogens with zero attached hydrogens (tertiary/aromatic N) is 1. The van der Waals surface area contributed by atoms with Crippen LogP contribution in [-0.2, 0) is 11.3 Å². The van der Waals surface area contributed by atoms with E-state index in [1.165, 1.54) is 11.1 Å². The van der Waals surface area contributed by atoms with Crippen LogP contribution in [0.15, 0.2) is 24.3 Å². The second-order valence-electron chi connectivity index (χ2n) is 6.13. The highest BCUT2D eigenvalue weighted by Crippen LogP contribution is 2.17. The molecule has 1 amide bonds. The van der Waals surface area contributed by atoms with Gasteiger partial charge in [0.25, 0.3) is 0 Å². The first kappa shape index (κ1) is 15.0. The van der Waals surface area contributed by atoms with E-state index in [0.29, 0.717) is 12.5 Å². The van der Waals surface area contributed by atoms with Crippen molar-refractivity contribution in [3.8, 4) is 0 Å². The molecule has 1 aromatic carbocycles. The molecule has 0 spiro atoms. The summed E-state index contributed by atoms with van der Waals surface area (Å²) in [6.45, 7) is 6.97. The van der Waals surface area contributed by atoms with E-state index < -0.39 is 0 Å². The smallest absolute Gasteiger partial charge is 0.227 e. The van der Waals surface area contributed by atoms with Crippen molar-refractivity contribution < 1.29 is 4.79 Å². The molecule has 0 bridgehead atoms. The van der Waals surface area contributed by atoms with Crippen molar-refractivity contribution in [1.29, 1.82) is 0 Å². The second-order valence-corrected chi connectivity index (χ2v) is 6.13. The fraction of sp³-hybridized carbons (Fsp3) is 0.588. The van der Waals surface area contributed by atoms with Gasteiger partial charge >= 0.3 is 0 Å². The first-order chi connectivity index (χ1) is 9.58. The van der Waals surface area contributed by atoms with Gasteiger partial charge < -0.3 is 10.2 Å². The van der Waals surface area contributed by atoms with Crippen LogP contribution in [0.2, 0.25) is 0 Å². The monoisotopic (exact) mass is 274 g/mol. The van der Waals surface area contributed by atoms with E-state index in [1.54, 1.807) is 0 Å². The number of hydrogen-bond acceptors (Lipinski definition) is 2. The van der Waals surface area contributed by atoms with Crippen molar-refractivity contribution in [1.82, 2.24) is 10.2 Å². The Balaban J connectivity index is 1.92. The van der Waals surface area contributed by atoms with Crippen LogP contribution in [0.4, 0.5) is 0 Å². The fourth-order valence-electron chi connectivity index (χ4n) is 2.73. The summed E-state index contributed by atoms with van der Waals surface area (Å²) in [5.41, 5.74) is 2.55. The average Bonchev–Trinajstić information content (AvgIpc) is 2.48. The molecule has 1 fully saturated rings. The summed E-state index contributed by atoms with van der Waals surface area (Å²) in [5.74, 6) is 0.977. The molecule has 110 valence electrons. The zero-order chi connectivity index (χ0) is 14.5. The molecule has 1 aliphatic heterocycles. The quantitative estimate of drug-likeness (QED) is 0.915.